The van der Waals surface area contributed by atoms with Gasteiger partial charge in [-0.1, -0.05) is 30.3 Å². The van der Waals surface area contributed by atoms with Crippen LogP contribution in [0, 0.1) is 0 Å². The maximum atomic E-state index is 11.4. The van der Waals surface area contributed by atoms with Gasteiger partial charge in [0.2, 0.25) is 0 Å². The average molecular weight is 332 g/mol. The molecular formula is C15H16N4O3S. The van der Waals surface area contributed by atoms with E-state index in [-0.39, 0.29) is 11.8 Å². The van der Waals surface area contributed by atoms with E-state index in [4.69, 9.17) is 4.55 Å². The second kappa shape index (κ2) is 6.43. The highest BCUT2D eigenvalue weighted by Gasteiger charge is 2.35. The molecule has 0 bridgehead atoms. The number of nitrogens with one attached hydrogen (secondary N) is 1. The van der Waals surface area contributed by atoms with Gasteiger partial charge in [0.1, 0.15) is 0 Å². The molecule has 0 spiro atoms. The number of carbonyl (C=O) groups is 1. The van der Waals surface area contributed by atoms with Crippen LogP contribution in [-0.4, -0.2) is 31.2 Å². The van der Waals surface area contributed by atoms with Crippen molar-refractivity contribution < 1.29 is 13.6 Å². The molecule has 0 amide bonds. The highest BCUT2D eigenvalue weighted by molar-refractivity contribution is 7.78. The van der Waals surface area contributed by atoms with Crippen LogP contribution < -0.4 is 10.2 Å². The zero-order chi connectivity index (χ0) is 16.4. The van der Waals surface area contributed by atoms with Crippen molar-refractivity contribution in [2.75, 3.05) is 10.2 Å². The number of aldehydes is 1. The maximum absolute atomic E-state index is 11.4. The van der Waals surface area contributed by atoms with Gasteiger partial charge in [0.15, 0.2) is 35.2 Å². The molecule has 0 fully saturated rings. The average Bonchev–Trinajstić information content (AvgIpc) is 2.92. The summed E-state index contributed by atoms with van der Waals surface area (Å²) >= 11 is -1.99. The van der Waals surface area contributed by atoms with Crippen molar-refractivity contribution in [1.82, 2.24) is 9.97 Å². The number of nitrogens with zero attached hydrogens (tertiary/aromatic N) is 3. The van der Waals surface area contributed by atoms with E-state index in [1.807, 2.05) is 42.2 Å². The van der Waals surface area contributed by atoms with Gasteiger partial charge in [-0.25, -0.2) is 14.2 Å². The number of rotatable bonds is 5. The first-order valence-electron chi connectivity index (χ1n) is 7.08. The first-order valence-corrected chi connectivity index (χ1v) is 8.36. The molecule has 2 N–H and O–H groups in total. The van der Waals surface area contributed by atoms with Gasteiger partial charge in [-0.15, -0.1) is 0 Å². The Bertz CT molecular complexity index is 741. The minimum atomic E-state index is -1.99. The standard InChI is InChI=1S/C15H16N4O3S/c1-10(11-5-3-2-4-6-11)19-13(8-20)18-14-15(19)17-12(7-16-14)9-23(21)22/h2-8,10,13H,9H2,1H3,(H,16,18)(H,21,22)/t10?,13-/m0/s1. The molecule has 3 atom stereocenters. The van der Waals surface area contributed by atoms with Crippen molar-refractivity contribution in [3.63, 3.8) is 0 Å². The molecule has 2 heterocycles. The van der Waals surface area contributed by atoms with Gasteiger partial charge in [-0.3, -0.25) is 4.79 Å². The van der Waals surface area contributed by atoms with Crippen molar-refractivity contribution in [1.29, 1.82) is 0 Å². The fourth-order valence-electron chi connectivity index (χ4n) is 2.65. The SMILES string of the molecule is CC(c1ccccc1)N1c2nc(CS(=O)O)cnc2N[C@@H]1C=O. The summed E-state index contributed by atoms with van der Waals surface area (Å²) in [5.41, 5.74) is 1.44. The molecule has 1 aromatic carbocycles. The van der Waals surface area contributed by atoms with E-state index in [1.165, 1.54) is 6.20 Å². The molecule has 0 saturated heterocycles. The number of hydrogen-bond donors (Lipinski definition) is 2. The molecular weight excluding hydrogens is 316 g/mol. The molecule has 0 saturated carbocycles. The normalized spacial score (nSPS) is 18.9. The molecule has 0 radical (unpaired) electrons. The third-order valence-corrected chi connectivity index (χ3v) is 4.28. The van der Waals surface area contributed by atoms with Crippen LogP contribution in [0.15, 0.2) is 36.5 Å². The molecule has 23 heavy (non-hydrogen) atoms. The van der Waals surface area contributed by atoms with Crippen molar-refractivity contribution in [2.24, 2.45) is 0 Å². The minimum Gasteiger partial charge on any atom is -0.341 e. The van der Waals surface area contributed by atoms with E-state index in [1.54, 1.807) is 0 Å². The molecule has 3 rings (SSSR count). The van der Waals surface area contributed by atoms with Gasteiger partial charge in [0.05, 0.1) is 23.7 Å². The summed E-state index contributed by atoms with van der Waals surface area (Å²) in [6.07, 6.45) is 1.67. The van der Waals surface area contributed by atoms with Crippen LogP contribution in [0.25, 0.3) is 0 Å². The highest BCUT2D eigenvalue weighted by Crippen LogP contribution is 2.37. The first-order chi connectivity index (χ1) is 11.1. The predicted octanol–water partition coefficient (Wildman–Crippen LogP) is 1.72. The maximum Gasteiger partial charge on any atom is 0.174 e. The third-order valence-electron chi connectivity index (χ3n) is 3.73. The smallest absolute Gasteiger partial charge is 0.174 e. The Morgan fingerprint density at radius 3 is 2.83 bits per heavy atom. The minimum absolute atomic E-state index is 0.0976. The van der Waals surface area contributed by atoms with Crippen LogP contribution in [0.1, 0.15) is 24.2 Å². The molecule has 0 aliphatic carbocycles. The van der Waals surface area contributed by atoms with E-state index in [0.29, 0.717) is 17.3 Å². The summed E-state index contributed by atoms with van der Waals surface area (Å²) in [7, 11) is 0. The highest BCUT2D eigenvalue weighted by atomic mass is 32.2. The van der Waals surface area contributed by atoms with Gasteiger partial charge in [0.25, 0.3) is 0 Å². The molecule has 1 aliphatic heterocycles. The van der Waals surface area contributed by atoms with Crippen LogP contribution in [0.2, 0.25) is 0 Å². The van der Waals surface area contributed by atoms with Gasteiger partial charge < -0.3 is 14.8 Å². The lowest BCUT2D eigenvalue weighted by molar-refractivity contribution is -0.108. The Kier molecular flexibility index (Phi) is 4.35. The number of fused-ring (bicyclic) bond motifs is 1. The molecule has 8 heteroatoms. The second-order valence-electron chi connectivity index (χ2n) is 5.22. The monoisotopic (exact) mass is 332 g/mol. The van der Waals surface area contributed by atoms with Gasteiger partial charge >= 0.3 is 0 Å². The van der Waals surface area contributed by atoms with Gasteiger partial charge in [-0.05, 0) is 12.5 Å². The number of benzene rings is 1. The van der Waals surface area contributed by atoms with E-state index < -0.39 is 17.2 Å². The Morgan fingerprint density at radius 2 is 2.17 bits per heavy atom. The second-order valence-corrected chi connectivity index (χ2v) is 6.15. The first kappa shape index (κ1) is 15.6. The summed E-state index contributed by atoms with van der Waals surface area (Å²) in [5.74, 6) is 0.915. The van der Waals surface area contributed by atoms with E-state index >= 15 is 0 Å². The number of carbonyl (C=O) groups excluding carboxylic acids is 1. The van der Waals surface area contributed by atoms with Crippen molar-refractivity contribution in [3.05, 3.63) is 47.8 Å². The summed E-state index contributed by atoms with van der Waals surface area (Å²) < 4.78 is 20.0. The summed E-state index contributed by atoms with van der Waals surface area (Å²) in [6, 6.07) is 9.64. The third kappa shape index (κ3) is 3.08. The molecule has 2 aromatic rings. The fourth-order valence-corrected chi connectivity index (χ4v) is 3.04. The Balaban J connectivity index is 1.99. The number of hydrogen-bond acceptors (Lipinski definition) is 6. The van der Waals surface area contributed by atoms with E-state index in [9.17, 15) is 9.00 Å². The van der Waals surface area contributed by atoms with Crippen LogP contribution in [-0.2, 0) is 21.6 Å². The van der Waals surface area contributed by atoms with Crippen LogP contribution in [0.3, 0.4) is 0 Å². The lowest BCUT2D eigenvalue weighted by Gasteiger charge is -2.29. The molecule has 2 unspecified atom stereocenters. The zero-order valence-corrected chi connectivity index (χ0v) is 13.2. The predicted molar refractivity (Wildman–Crippen MR) is 87.3 cm³/mol. The Labute approximate surface area is 136 Å². The van der Waals surface area contributed by atoms with Crippen molar-refractivity contribution in [2.45, 2.75) is 24.9 Å². The van der Waals surface area contributed by atoms with Gasteiger partial charge in [-0.2, -0.15) is 0 Å². The quantitative estimate of drug-likeness (QED) is 0.636. The summed E-state index contributed by atoms with van der Waals surface area (Å²) in [4.78, 5) is 21.9. The summed E-state index contributed by atoms with van der Waals surface area (Å²) in [6.45, 7) is 1.97. The fraction of sp³-hybridized carbons (Fsp3) is 0.267. The van der Waals surface area contributed by atoms with Crippen LogP contribution >= 0.6 is 0 Å². The molecule has 7 nitrogen and oxygen atoms in total. The summed E-state index contributed by atoms with van der Waals surface area (Å²) in [5, 5.41) is 3.01. The Hall–Kier alpha value is -2.32. The molecule has 1 aliphatic rings. The lowest BCUT2D eigenvalue weighted by Crippen LogP contribution is -2.39. The number of anilines is 2. The van der Waals surface area contributed by atoms with Crippen molar-refractivity contribution >= 4 is 29.0 Å². The largest absolute Gasteiger partial charge is 0.341 e. The topological polar surface area (TPSA) is 95.4 Å². The Morgan fingerprint density at radius 1 is 1.43 bits per heavy atom. The van der Waals surface area contributed by atoms with E-state index in [2.05, 4.69) is 15.3 Å². The molecule has 120 valence electrons. The van der Waals surface area contributed by atoms with E-state index in [0.717, 1.165) is 11.8 Å². The lowest BCUT2D eigenvalue weighted by atomic mass is 10.1. The zero-order valence-electron chi connectivity index (χ0n) is 12.4. The number of aromatic nitrogens is 2. The van der Waals surface area contributed by atoms with Crippen LogP contribution in [0.4, 0.5) is 11.6 Å². The van der Waals surface area contributed by atoms with Crippen molar-refractivity contribution in [3.8, 4) is 0 Å². The van der Waals surface area contributed by atoms with Crippen LogP contribution in [0.5, 0.6) is 0 Å². The molecule has 1 aromatic heterocycles. The van der Waals surface area contributed by atoms with Gasteiger partial charge in [0, 0.05) is 0 Å².